The first-order chi connectivity index (χ1) is 11.3. The van der Waals surface area contributed by atoms with Gasteiger partial charge in [-0.05, 0) is 42.8 Å². The number of anilines is 1. The molecule has 0 saturated heterocycles. The average Bonchev–Trinajstić information content (AvgIpc) is 2.93. The van der Waals surface area contributed by atoms with Gasteiger partial charge in [0.25, 0.3) is 0 Å². The molecule has 0 aliphatic carbocycles. The Labute approximate surface area is 137 Å². The van der Waals surface area contributed by atoms with Crippen molar-refractivity contribution < 1.29 is 23.1 Å². The number of nitrogens with one attached hydrogen (secondary N) is 2. The molecule has 5 nitrogen and oxygen atoms in total. The molecule has 1 aromatic heterocycles. The molecule has 2 rings (SSSR count). The second-order valence-corrected chi connectivity index (χ2v) is 5.30. The first kappa shape index (κ1) is 17.9. The van der Waals surface area contributed by atoms with E-state index in [1.54, 1.807) is 10.6 Å². The number of urea groups is 1. The summed E-state index contributed by atoms with van der Waals surface area (Å²) in [7, 11) is 1.81. The van der Waals surface area contributed by atoms with Gasteiger partial charge in [0.05, 0.1) is 11.7 Å². The van der Waals surface area contributed by atoms with Gasteiger partial charge in [0.1, 0.15) is 0 Å². The Bertz CT molecular complexity index is 681. The predicted octanol–water partition coefficient (Wildman–Crippen LogP) is 3.29. The van der Waals surface area contributed by atoms with Crippen molar-refractivity contribution in [3.8, 4) is 0 Å². The average molecular weight is 341 g/mol. The van der Waals surface area contributed by atoms with Crippen LogP contribution in [0.25, 0.3) is 0 Å². The Kier molecular flexibility index (Phi) is 5.50. The lowest BCUT2D eigenvalue weighted by Crippen LogP contribution is -2.30. The molecule has 1 unspecified atom stereocenters. The highest BCUT2D eigenvalue weighted by Crippen LogP contribution is 2.29. The molecular formula is C16H18F3N3O2. The lowest BCUT2D eigenvalue weighted by molar-refractivity contribution is -0.137. The SMILES string of the molecule is Cn1cccc1C(O)CCNC(=O)Nc1ccc(C(F)(F)F)cc1. The normalized spacial score (nSPS) is 12.7. The maximum Gasteiger partial charge on any atom is 0.416 e. The fourth-order valence-electron chi connectivity index (χ4n) is 2.21. The Hall–Kier alpha value is -2.48. The topological polar surface area (TPSA) is 66.3 Å². The minimum Gasteiger partial charge on any atom is -0.387 e. The van der Waals surface area contributed by atoms with E-state index in [4.69, 9.17) is 0 Å². The van der Waals surface area contributed by atoms with Crippen LogP contribution in [-0.2, 0) is 13.2 Å². The second kappa shape index (κ2) is 7.39. The van der Waals surface area contributed by atoms with Crippen LogP contribution in [0.5, 0.6) is 0 Å². The minimum absolute atomic E-state index is 0.221. The zero-order valence-electron chi connectivity index (χ0n) is 13.0. The molecule has 1 aromatic carbocycles. The number of alkyl halides is 3. The molecule has 8 heteroatoms. The van der Waals surface area contributed by atoms with Gasteiger partial charge in [0.15, 0.2) is 0 Å². The number of hydrogen-bond donors (Lipinski definition) is 3. The summed E-state index contributed by atoms with van der Waals surface area (Å²) in [5.41, 5.74) is 0.211. The number of aliphatic hydroxyl groups excluding tert-OH is 1. The highest BCUT2D eigenvalue weighted by atomic mass is 19.4. The van der Waals surface area contributed by atoms with E-state index < -0.39 is 23.9 Å². The molecule has 0 bridgehead atoms. The Morgan fingerprint density at radius 2 is 1.92 bits per heavy atom. The van der Waals surface area contributed by atoms with E-state index in [0.29, 0.717) is 6.42 Å². The number of aryl methyl sites for hydroxylation is 1. The molecule has 0 radical (unpaired) electrons. The molecule has 24 heavy (non-hydrogen) atoms. The van der Waals surface area contributed by atoms with E-state index in [-0.39, 0.29) is 12.2 Å². The molecule has 130 valence electrons. The van der Waals surface area contributed by atoms with Crippen LogP contribution in [0.2, 0.25) is 0 Å². The van der Waals surface area contributed by atoms with E-state index >= 15 is 0 Å². The summed E-state index contributed by atoms with van der Waals surface area (Å²) in [5, 5.41) is 15.0. The number of aliphatic hydroxyl groups is 1. The molecule has 2 aromatic rings. The molecule has 0 saturated carbocycles. The van der Waals surface area contributed by atoms with Gasteiger partial charge in [-0.25, -0.2) is 4.79 Å². The number of carbonyl (C=O) groups is 1. The van der Waals surface area contributed by atoms with E-state index in [1.807, 2.05) is 19.3 Å². The maximum atomic E-state index is 12.4. The summed E-state index contributed by atoms with van der Waals surface area (Å²) < 4.78 is 39.1. The third kappa shape index (κ3) is 4.76. The van der Waals surface area contributed by atoms with Crippen molar-refractivity contribution in [2.24, 2.45) is 7.05 Å². The molecule has 3 N–H and O–H groups in total. The van der Waals surface area contributed by atoms with E-state index in [9.17, 15) is 23.1 Å². The van der Waals surface area contributed by atoms with Crippen LogP contribution in [0.3, 0.4) is 0 Å². The third-order valence-electron chi connectivity index (χ3n) is 3.50. The lowest BCUT2D eigenvalue weighted by Gasteiger charge is -2.13. The molecule has 1 atom stereocenters. The zero-order valence-corrected chi connectivity index (χ0v) is 13.0. The third-order valence-corrected chi connectivity index (χ3v) is 3.50. The summed E-state index contributed by atoms with van der Waals surface area (Å²) in [6.07, 6.45) is -2.99. The van der Waals surface area contributed by atoms with Gasteiger partial charge in [-0.1, -0.05) is 0 Å². The van der Waals surface area contributed by atoms with Crippen LogP contribution in [0.1, 0.15) is 23.8 Å². The number of halogens is 3. The maximum absolute atomic E-state index is 12.4. The Morgan fingerprint density at radius 3 is 2.46 bits per heavy atom. The van der Waals surface area contributed by atoms with Crippen molar-refractivity contribution in [3.63, 3.8) is 0 Å². The first-order valence-corrected chi connectivity index (χ1v) is 7.29. The van der Waals surface area contributed by atoms with Gasteiger partial charge < -0.3 is 20.3 Å². The van der Waals surface area contributed by atoms with Crippen molar-refractivity contribution >= 4 is 11.7 Å². The fraction of sp³-hybridized carbons (Fsp3) is 0.312. The fourth-order valence-corrected chi connectivity index (χ4v) is 2.21. The number of rotatable bonds is 5. The van der Waals surface area contributed by atoms with Crippen LogP contribution in [-0.4, -0.2) is 22.2 Å². The van der Waals surface area contributed by atoms with Gasteiger partial charge in [0, 0.05) is 31.2 Å². The number of carbonyl (C=O) groups excluding carboxylic acids is 1. The Morgan fingerprint density at radius 1 is 1.25 bits per heavy atom. The summed E-state index contributed by atoms with van der Waals surface area (Å²) in [6.45, 7) is 0.221. The van der Waals surface area contributed by atoms with Gasteiger partial charge in [0.2, 0.25) is 0 Å². The second-order valence-electron chi connectivity index (χ2n) is 5.30. The predicted molar refractivity (Wildman–Crippen MR) is 83.5 cm³/mol. The summed E-state index contributed by atoms with van der Waals surface area (Å²) in [4.78, 5) is 11.7. The molecule has 2 amide bonds. The number of nitrogens with zero attached hydrogens (tertiary/aromatic N) is 1. The van der Waals surface area contributed by atoms with Crippen LogP contribution in [0.4, 0.5) is 23.7 Å². The molecule has 1 heterocycles. The lowest BCUT2D eigenvalue weighted by atomic mass is 10.2. The molecular weight excluding hydrogens is 323 g/mol. The van der Waals surface area contributed by atoms with Crippen molar-refractivity contribution in [2.75, 3.05) is 11.9 Å². The van der Waals surface area contributed by atoms with Crippen molar-refractivity contribution in [3.05, 3.63) is 53.9 Å². The van der Waals surface area contributed by atoms with Crippen molar-refractivity contribution in [1.29, 1.82) is 0 Å². The molecule has 0 aliphatic rings. The van der Waals surface area contributed by atoms with Crippen LogP contribution >= 0.6 is 0 Å². The van der Waals surface area contributed by atoms with E-state index in [1.165, 1.54) is 12.1 Å². The smallest absolute Gasteiger partial charge is 0.387 e. The van der Waals surface area contributed by atoms with Gasteiger partial charge in [-0.3, -0.25) is 0 Å². The highest BCUT2D eigenvalue weighted by molar-refractivity contribution is 5.89. The van der Waals surface area contributed by atoms with Crippen LogP contribution in [0.15, 0.2) is 42.6 Å². The first-order valence-electron chi connectivity index (χ1n) is 7.29. The largest absolute Gasteiger partial charge is 0.416 e. The van der Waals surface area contributed by atoms with E-state index in [2.05, 4.69) is 10.6 Å². The van der Waals surface area contributed by atoms with Crippen LogP contribution in [0, 0.1) is 0 Å². The number of hydrogen-bond acceptors (Lipinski definition) is 2. The monoisotopic (exact) mass is 341 g/mol. The highest BCUT2D eigenvalue weighted by Gasteiger charge is 2.29. The number of benzene rings is 1. The van der Waals surface area contributed by atoms with Crippen molar-refractivity contribution in [2.45, 2.75) is 18.7 Å². The van der Waals surface area contributed by atoms with Gasteiger partial charge in [-0.15, -0.1) is 0 Å². The summed E-state index contributed by atoms with van der Waals surface area (Å²) >= 11 is 0. The van der Waals surface area contributed by atoms with E-state index in [0.717, 1.165) is 17.8 Å². The van der Waals surface area contributed by atoms with Crippen LogP contribution < -0.4 is 10.6 Å². The minimum atomic E-state index is -4.41. The van der Waals surface area contributed by atoms with Crippen molar-refractivity contribution in [1.82, 2.24) is 9.88 Å². The zero-order chi connectivity index (χ0) is 17.7. The standard InChI is InChI=1S/C16H18F3N3O2/c1-22-10-2-3-13(22)14(23)8-9-20-15(24)21-12-6-4-11(5-7-12)16(17,18)19/h2-7,10,14,23H,8-9H2,1H3,(H2,20,21,24). The van der Waals surface area contributed by atoms with Gasteiger partial charge >= 0.3 is 12.2 Å². The Balaban J connectivity index is 1.78. The quantitative estimate of drug-likeness (QED) is 0.781. The molecule has 0 spiro atoms. The molecule has 0 aliphatic heterocycles. The van der Waals surface area contributed by atoms with Gasteiger partial charge in [-0.2, -0.15) is 13.2 Å². The molecule has 0 fully saturated rings. The number of aromatic nitrogens is 1. The summed E-state index contributed by atoms with van der Waals surface area (Å²) in [5.74, 6) is 0. The summed E-state index contributed by atoms with van der Waals surface area (Å²) in [6, 6.07) is 7.20. The number of amides is 2.